The van der Waals surface area contributed by atoms with Gasteiger partial charge in [0.2, 0.25) is 0 Å². The Kier molecular flexibility index (Phi) is 5.28. The molecule has 0 radical (unpaired) electrons. The summed E-state index contributed by atoms with van der Waals surface area (Å²) in [6.45, 7) is 1.95. The molecular formula is C21H10Cl12. The molecule has 0 N–H and O–H groups in total. The second-order valence-electron chi connectivity index (χ2n) is 9.39. The highest BCUT2D eigenvalue weighted by atomic mass is 35.5. The van der Waals surface area contributed by atoms with E-state index < -0.39 is 51.8 Å². The Morgan fingerprint density at radius 3 is 1.33 bits per heavy atom. The van der Waals surface area contributed by atoms with Gasteiger partial charge in [-0.3, -0.25) is 0 Å². The number of hydrogen-bond donors (Lipinski definition) is 0. The standard InChI is InChI=1S/C21H10Cl12/c1-5-2-3-6-7(4-5)9-11(19(29)15(25)13(23)17(9,27)21(19,32)33)10-8(6)16(26)12(22)14(24)18(10,28)20(16,30)31/h2-4,8-11H,1H3/t8-,9-,10-,11-,16-,17+,18+,19-/m1/s1. The van der Waals surface area contributed by atoms with Gasteiger partial charge in [0, 0.05) is 23.7 Å². The number of benzene rings is 1. The molecule has 33 heavy (non-hydrogen) atoms. The van der Waals surface area contributed by atoms with Crippen molar-refractivity contribution in [3.8, 4) is 0 Å². The molecule has 12 heteroatoms. The van der Waals surface area contributed by atoms with Gasteiger partial charge in [-0.2, -0.15) is 0 Å². The van der Waals surface area contributed by atoms with E-state index in [1.807, 2.05) is 25.1 Å². The average Bonchev–Trinajstić information content (AvgIpc) is 3.08. The quantitative estimate of drug-likeness (QED) is 0.238. The average molecular weight is 688 g/mol. The molecule has 0 spiro atoms. The molecular weight excluding hydrogens is 678 g/mol. The third-order valence-electron chi connectivity index (χ3n) is 8.28. The summed E-state index contributed by atoms with van der Waals surface area (Å²) in [6, 6.07) is 5.85. The predicted octanol–water partition coefficient (Wildman–Crippen LogP) is 10.1. The molecule has 0 unspecified atom stereocenters. The molecule has 5 aliphatic rings. The van der Waals surface area contributed by atoms with E-state index in [1.165, 1.54) is 0 Å². The zero-order valence-corrected chi connectivity index (χ0v) is 25.1. The van der Waals surface area contributed by atoms with Crippen LogP contribution in [-0.2, 0) is 0 Å². The van der Waals surface area contributed by atoms with Gasteiger partial charge in [-0.25, -0.2) is 0 Å². The summed E-state index contributed by atoms with van der Waals surface area (Å²) >= 11 is 83.7. The third-order valence-corrected chi connectivity index (χ3v) is 16.8. The first kappa shape index (κ1) is 25.5. The lowest BCUT2D eigenvalue weighted by Gasteiger charge is -2.52. The highest BCUT2D eigenvalue weighted by Gasteiger charge is 2.91. The molecule has 2 fully saturated rings. The second-order valence-corrected chi connectivity index (χ2v) is 15.9. The van der Waals surface area contributed by atoms with E-state index in [-0.39, 0.29) is 20.1 Å². The van der Waals surface area contributed by atoms with Crippen LogP contribution in [0.25, 0.3) is 0 Å². The Morgan fingerprint density at radius 1 is 0.545 bits per heavy atom. The lowest BCUT2D eigenvalue weighted by Crippen LogP contribution is -2.53. The van der Waals surface area contributed by atoms with Gasteiger partial charge in [-0.05, 0) is 18.1 Å². The molecule has 1 aromatic rings. The maximum atomic E-state index is 7.29. The third kappa shape index (κ3) is 2.19. The Labute approximate surface area is 250 Å². The van der Waals surface area contributed by atoms with E-state index >= 15 is 0 Å². The first-order valence-corrected chi connectivity index (χ1v) is 14.3. The lowest BCUT2D eigenvalue weighted by atomic mass is 9.57. The zero-order chi connectivity index (χ0) is 24.5. The molecule has 8 atom stereocenters. The van der Waals surface area contributed by atoms with Crippen molar-refractivity contribution in [1.29, 1.82) is 0 Å². The van der Waals surface area contributed by atoms with Crippen molar-refractivity contribution in [2.75, 3.05) is 0 Å². The molecule has 0 saturated heterocycles. The number of rotatable bonds is 0. The molecule has 6 rings (SSSR count). The predicted molar refractivity (Wildman–Crippen MR) is 144 cm³/mol. The summed E-state index contributed by atoms with van der Waals surface area (Å²) in [5.74, 6) is -2.56. The largest absolute Gasteiger partial charge is 0.167 e. The van der Waals surface area contributed by atoms with Gasteiger partial charge >= 0.3 is 0 Å². The highest BCUT2D eigenvalue weighted by Crippen LogP contribution is 2.88. The Bertz CT molecular complexity index is 1230. The fraction of sp³-hybridized carbons (Fsp3) is 0.524. The highest BCUT2D eigenvalue weighted by molar-refractivity contribution is 6.67. The Balaban J connectivity index is 1.79. The van der Waals surface area contributed by atoms with Gasteiger partial charge in [0.25, 0.3) is 0 Å². The molecule has 0 heterocycles. The monoisotopic (exact) mass is 682 g/mol. The first-order valence-electron chi connectivity index (χ1n) is 9.74. The van der Waals surface area contributed by atoms with Gasteiger partial charge in [0.15, 0.2) is 8.67 Å². The Hall–Kier alpha value is 2.18. The normalized spacial score (nSPS) is 50.1. The van der Waals surface area contributed by atoms with Gasteiger partial charge in [-0.1, -0.05) is 117 Å². The van der Waals surface area contributed by atoms with E-state index in [9.17, 15) is 0 Å². The molecule has 2 saturated carbocycles. The fourth-order valence-electron chi connectivity index (χ4n) is 7.02. The molecule has 5 aliphatic carbocycles. The van der Waals surface area contributed by atoms with Crippen LogP contribution in [-0.4, -0.2) is 28.2 Å². The SMILES string of the molecule is Cc1ccc2c(c1)[C@@H]1[C@H]([C@H]3[C@@H]2[C@@]2(Cl)C(Cl)=C(Cl)[C@]3(Cl)C2(Cl)Cl)[C@@]2(Cl)C(Cl)=C(Cl)[C@]1(Cl)C2(Cl)Cl. The van der Waals surface area contributed by atoms with Crippen molar-refractivity contribution in [3.05, 3.63) is 55.0 Å². The number of aryl methyl sites for hydroxylation is 1. The van der Waals surface area contributed by atoms with E-state index in [2.05, 4.69) is 0 Å². The van der Waals surface area contributed by atoms with Crippen molar-refractivity contribution in [3.63, 3.8) is 0 Å². The molecule has 4 bridgehead atoms. The second kappa shape index (κ2) is 6.84. The van der Waals surface area contributed by atoms with Crippen LogP contribution < -0.4 is 0 Å². The minimum atomic E-state index is -1.81. The van der Waals surface area contributed by atoms with Crippen molar-refractivity contribution < 1.29 is 0 Å². The summed E-state index contributed by atoms with van der Waals surface area (Å²) in [5.41, 5.74) is 2.58. The molecule has 0 amide bonds. The lowest BCUT2D eigenvalue weighted by molar-refractivity contribution is 0.201. The van der Waals surface area contributed by atoms with Gasteiger partial charge < -0.3 is 0 Å². The number of fused-ring (bicyclic) bond motifs is 14. The van der Waals surface area contributed by atoms with E-state index in [0.717, 1.165) is 16.7 Å². The maximum Gasteiger partial charge on any atom is 0.167 e. The van der Waals surface area contributed by atoms with Crippen LogP contribution in [0.4, 0.5) is 0 Å². The van der Waals surface area contributed by atoms with Gasteiger partial charge in [0.05, 0.1) is 20.1 Å². The van der Waals surface area contributed by atoms with Gasteiger partial charge in [0.1, 0.15) is 19.5 Å². The molecule has 0 aliphatic heterocycles. The van der Waals surface area contributed by atoms with Crippen LogP contribution in [0, 0.1) is 18.8 Å². The minimum absolute atomic E-state index is 0.0500. The number of allylic oxidation sites excluding steroid dienone is 4. The Morgan fingerprint density at radius 2 is 0.909 bits per heavy atom. The van der Waals surface area contributed by atoms with Crippen molar-refractivity contribution in [2.45, 2.75) is 46.9 Å². The number of hydrogen-bond acceptors (Lipinski definition) is 0. The van der Waals surface area contributed by atoms with Crippen molar-refractivity contribution in [1.82, 2.24) is 0 Å². The molecule has 178 valence electrons. The summed E-state index contributed by atoms with van der Waals surface area (Å²) in [4.78, 5) is -6.35. The van der Waals surface area contributed by atoms with E-state index in [0.29, 0.717) is 0 Å². The summed E-state index contributed by atoms with van der Waals surface area (Å²) < 4.78 is -3.61. The summed E-state index contributed by atoms with van der Waals surface area (Å²) in [5, 5.41) is 0.281. The smallest absolute Gasteiger partial charge is 0.109 e. The number of halogens is 12. The fourth-order valence-corrected chi connectivity index (χ4v) is 13.1. The van der Waals surface area contributed by atoms with Crippen LogP contribution in [0.15, 0.2) is 38.3 Å². The topological polar surface area (TPSA) is 0 Å². The van der Waals surface area contributed by atoms with Crippen LogP contribution in [0.1, 0.15) is 28.5 Å². The summed E-state index contributed by atoms with van der Waals surface area (Å²) in [6.07, 6.45) is 0. The van der Waals surface area contributed by atoms with Crippen LogP contribution >= 0.6 is 139 Å². The van der Waals surface area contributed by atoms with Crippen molar-refractivity contribution >= 4 is 139 Å². The molecule has 1 aromatic carbocycles. The molecule has 0 nitrogen and oxygen atoms in total. The maximum absolute atomic E-state index is 7.29. The van der Waals surface area contributed by atoms with Crippen LogP contribution in [0.3, 0.4) is 0 Å². The summed E-state index contributed by atoms with van der Waals surface area (Å²) in [7, 11) is 0. The number of alkyl halides is 8. The van der Waals surface area contributed by atoms with Crippen molar-refractivity contribution in [2.24, 2.45) is 11.8 Å². The first-order chi connectivity index (χ1) is 15.0. The van der Waals surface area contributed by atoms with Crippen LogP contribution in [0.5, 0.6) is 0 Å². The van der Waals surface area contributed by atoms with E-state index in [4.69, 9.17) is 139 Å². The van der Waals surface area contributed by atoms with Gasteiger partial charge in [-0.15, -0.1) is 46.4 Å². The molecule has 0 aromatic heterocycles. The van der Waals surface area contributed by atoms with Crippen LogP contribution in [0.2, 0.25) is 0 Å². The van der Waals surface area contributed by atoms with E-state index in [1.54, 1.807) is 0 Å². The minimum Gasteiger partial charge on any atom is -0.109 e. The zero-order valence-electron chi connectivity index (χ0n) is 16.1.